The standard InChI is InChI=1S/C20H16F6N4O3/c1-11(19(9-33-19)15-7-2-12(21)8-16(15)22)29-18(31)30(28-27-29)13-3-5-14(6-4-13)32-10-20(25,26)17(23)24/h2-8,11,17H,9-10H2,1H3/t11-,19-/m1/s1. The lowest BCUT2D eigenvalue weighted by atomic mass is 9.92. The Bertz CT molecular complexity index is 1210. The fraction of sp³-hybridized carbons (Fsp3) is 0.350. The Morgan fingerprint density at radius 1 is 1.15 bits per heavy atom. The first kappa shape index (κ1) is 22.8. The van der Waals surface area contributed by atoms with Crippen LogP contribution in [-0.2, 0) is 10.3 Å². The highest BCUT2D eigenvalue weighted by Crippen LogP contribution is 2.48. The van der Waals surface area contributed by atoms with Crippen LogP contribution < -0.4 is 10.4 Å². The minimum Gasteiger partial charge on any atom is -0.487 e. The van der Waals surface area contributed by atoms with E-state index in [1.165, 1.54) is 30.3 Å². The van der Waals surface area contributed by atoms with Crippen molar-refractivity contribution >= 4 is 0 Å². The lowest BCUT2D eigenvalue weighted by Gasteiger charge is -2.20. The minimum absolute atomic E-state index is 0.0694. The molecular weight excluding hydrogens is 458 g/mol. The Kier molecular flexibility index (Phi) is 5.68. The molecule has 3 aromatic rings. The normalized spacial score (nSPS) is 19.0. The number of hydrogen-bond donors (Lipinski definition) is 0. The maximum absolute atomic E-state index is 14.3. The van der Waals surface area contributed by atoms with E-state index in [0.29, 0.717) is 6.07 Å². The molecule has 0 aliphatic carbocycles. The van der Waals surface area contributed by atoms with Crippen molar-refractivity contribution in [3.8, 4) is 11.4 Å². The zero-order chi connectivity index (χ0) is 24.0. The van der Waals surface area contributed by atoms with Gasteiger partial charge in [-0.1, -0.05) is 6.07 Å². The number of ether oxygens (including phenoxy) is 2. The number of rotatable bonds is 8. The number of aromatic nitrogens is 4. The van der Waals surface area contributed by atoms with Crippen LogP contribution in [-0.4, -0.2) is 45.4 Å². The summed E-state index contributed by atoms with van der Waals surface area (Å²) in [4.78, 5) is 12.9. The van der Waals surface area contributed by atoms with Crippen LogP contribution in [0.15, 0.2) is 47.3 Å². The van der Waals surface area contributed by atoms with Crippen molar-refractivity contribution in [2.24, 2.45) is 0 Å². The highest BCUT2D eigenvalue weighted by atomic mass is 19.3. The van der Waals surface area contributed by atoms with Crippen LogP contribution in [0.1, 0.15) is 18.5 Å². The number of benzene rings is 2. The number of nitrogens with zero attached hydrogens (tertiary/aromatic N) is 4. The third-order valence-electron chi connectivity index (χ3n) is 5.32. The molecule has 4 rings (SSSR count). The smallest absolute Gasteiger partial charge is 0.368 e. The molecule has 33 heavy (non-hydrogen) atoms. The zero-order valence-electron chi connectivity index (χ0n) is 16.9. The van der Waals surface area contributed by atoms with E-state index in [2.05, 4.69) is 15.2 Å². The molecular formula is C20H16F6N4O3. The largest absolute Gasteiger partial charge is 0.487 e. The molecule has 176 valence electrons. The molecule has 0 radical (unpaired) electrons. The second-order valence-electron chi connectivity index (χ2n) is 7.44. The van der Waals surface area contributed by atoms with Crippen LogP contribution >= 0.6 is 0 Å². The summed E-state index contributed by atoms with van der Waals surface area (Å²) in [6, 6.07) is 7.21. The van der Waals surface area contributed by atoms with Crippen LogP contribution in [0.25, 0.3) is 5.69 Å². The van der Waals surface area contributed by atoms with Gasteiger partial charge in [-0.3, -0.25) is 0 Å². The van der Waals surface area contributed by atoms with E-state index < -0.39 is 47.9 Å². The molecule has 0 spiro atoms. The van der Waals surface area contributed by atoms with Crippen molar-refractivity contribution in [1.29, 1.82) is 0 Å². The Labute approximate surface area is 182 Å². The zero-order valence-corrected chi connectivity index (χ0v) is 16.9. The lowest BCUT2D eigenvalue weighted by molar-refractivity contribution is -0.148. The van der Waals surface area contributed by atoms with Gasteiger partial charge in [-0.15, -0.1) is 0 Å². The minimum atomic E-state index is -4.31. The quantitative estimate of drug-likeness (QED) is 0.369. The molecule has 1 aromatic heterocycles. The lowest BCUT2D eigenvalue weighted by Crippen LogP contribution is -2.34. The highest BCUT2D eigenvalue weighted by molar-refractivity contribution is 5.36. The van der Waals surface area contributed by atoms with Crippen molar-refractivity contribution in [1.82, 2.24) is 19.8 Å². The van der Waals surface area contributed by atoms with E-state index >= 15 is 0 Å². The van der Waals surface area contributed by atoms with E-state index in [0.717, 1.165) is 15.4 Å². The summed E-state index contributed by atoms with van der Waals surface area (Å²) in [7, 11) is 0. The Morgan fingerprint density at radius 3 is 2.39 bits per heavy atom. The molecule has 7 nitrogen and oxygen atoms in total. The summed E-state index contributed by atoms with van der Waals surface area (Å²) < 4.78 is 90.0. The van der Waals surface area contributed by atoms with Gasteiger partial charge in [-0.05, 0) is 47.7 Å². The molecule has 1 aliphatic rings. The number of tetrazole rings is 1. The van der Waals surface area contributed by atoms with Gasteiger partial charge in [0.05, 0.1) is 18.3 Å². The number of hydrogen-bond acceptors (Lipinski definition) is 5. The van der Waals surface area contributed by atoms with Gasteiger partial charge in [0.1, 0.15) is 23.0 Å². The molecule has 13 heteroatoms. The molecule has 0 unspecified atom stereocenters. The molecule has 1 fully saturated rings. The first-order chi connectivity index (χ1) is 15.5. The predicted octanol–water partition coefficient (Wildman–Crippen LogP) is 3.47. The number of epoxide rings is 1. The monoisotopic (exact) mass is 474 g/mol. The molecule has 2 aromatic carbocycles. The van der Waals surface area contributed by atoms with Crippen molar-refractivity contribution in [2.45, 2.75) is 30.9 Å². The fourth-order valence-electron chi connectivity index (χ4n) is 3.32. The molecule has 0 amide bonds. The number of alkyl halides is 4. The van der Waals surface area contributed by atoms with E-state index in [-0.39, 0.29) is 23.6 Å². The highest BCUT2D eigenvalue weighted by Gasteiger charge is 2.55. The summed E-state index contributed by atoms with van der Waals surface area (Å²) in [5.74, 6) is -6.01. The van der Waals surface area contributed by atoms with Gasteiger partial charge < -0.3 is 9.47 Å². The van der Waals surface area contributed by atoms with Crippen molar-refractivity contribution in [3.63, 3.8) is 0 Å². The van der Waals surface area contributed by atoms with E-state index in [4.69, 9.17) is 4.74 Å². The van der Waals surface area contributed by atoms with Crippen molar-refractivity contribution < 1.29 is 35.8 Å². The summed E-state index contributed by atoms with van der Waals surface area (Å²) in [6.45, 7) is 0.126. The molecule has 1 aliphatic heterocycles. The Hall–Kier alpha value is -3.35. The van der Waals surface area contributed by atoms with Gasteiger partial charge in [0.2, 0.25) is 0 Å². The maximum Gasteiger partial charge on any atom is 0.368 e. The van der Waals surface area contributed by atoms with Crippen LogP contribution in [0, 0.1) is 11.6 Å². The van der Waals surface area contributed by atoms with Gasteiger partial charge in [-0.2, -0.15) is 18.1 Å². The van der Waals surface area contributed by atoms with Gasteiger partial charge in [-0.25, -0.2) is 22.4 Å². The van der Waals surface area contributed by atoms with E-state index in [9.17, 15) is 31.1 Å². The van der Waals surface area contributed by atoms with Gasteiger partial charge >= 0.3 is 18.0 Å². The first-order valence-electron chi connectivity index (χ1n) is 9.58. The topological polar surface area (TPSA) is 74.5 Å². The van der Waals surface area contributed by atoms with Crippen LogP contribution in [0.3, 0.4) is 0 Å². The summed E-state index contributed by atoms with van der Waals surface area (Å²) in [5, 5.41) is 7.57. The third-order valence-corrected chi connectivity index (χ3v) is 5.32. The maximum atomic E-state index is 14.3. The molecule has 1 saturated heterocycles. The third kappa shape index (κ3) is 4.19. The van der Waals surface area contributed by atoms with E-state index in [1.54, 1.807) is 6.92 Å². The molecule has 0 N–H and O–H groups in total. The average Bonchev–Trinajstić information content (AvgIpc) is 3.48. The van der Waals surface area contributed by atoms with Crippen LogP contribution in [0.4, 0.5) is 26.3 Å². The second kappa shape index (κ2) is 8.21. The fourth-order valence-corrected chi connectivity index (χ4v) is 3.32. The first-order valence-corrected chi connectivity index (χ1v) is 9.58. The Morgan fingerprint density at radius 2 is 1.82 bits per heavy atom. The van der Waals surface area contributed by atoms with E-state index in [1.807, 2.05) is 0 Å². The van der Waals surface area contributed by atoms with Crippen LogP contribution in [0.5, 0.6) is 5.75 Å². The SMILES string of the molecule is C[C@@H](n1nnn(-c2ccc(OCC(F)(F)C(F)F)cc2)c1=O)[C@@]1(c2ccc(F)cc2F)CO1. The average molecular weight is 474 g/mol. The molecule has 0 saturated carbocycles. The van der Waals surface area contributed by atoms with Gasteiger partial charge in [0, 0.05) is 11.6 Å². The summed E-state index contributed by atoms with van der Waals surface area (Å²) >= 11 is 0. The second-order valence-corrected chi connectivity index (χ2v) is 7.44. The predicted molar refractivity (Wildman–Crippen MR) is 101 cm³/mol. The van der Waals surface area contributed by atoms with Crippen LogP contribution in [0.2, 0.25) is 0 Å². The molecule has 0 bridgehead atoms. The summed E-state index contributed by atoms with van der Waals surface area (Å²) in [6.07, 6.45) is -3.87. The number of halogens is 6. The van der Waals surface area contributed by atoms with Crippen molar-refractivity contribution in [3.05, 3.63) is 70.1 Å². The Balaban J connectivity index is 1.54. The molecule has 2 atom stereocenters. The van der Waals surface area contributed by atoms with Gasteiger partial charge in [0.25, 0.3) is 0 Å². The molecule has 2 heterocycles. The van der Waals surface area contributed by atoms with Crippen molar-refractivity contribution in [2.75, 3.05) is 13.2 Å². The van der Waals surface area contributed by atoms with Gasteiger partial charge in [0.15, 0.2) is 6.61 Å². The summed E-state index contributed by atoms with van der Waals surface area (Å²) in [5.41, 5.74) is -1.68.